The molecule has 0 amide bonds. The first-order valence-electron chi connectivity index (χ1n) is 4.87. The van der Waals surface area contributed by atoms with Crippen LogP contribution in [0.1, 0.15) is 42.1 Å². The number of aryl methyl sites for hydroxylation is 1. The number of thiazole rings is 1. The number of aromatic nitrogens is 1. The summed E-state index contributed by atoms with van der Waals surface area (Å²) in [5, 5.41) is 4.50. The molecule has 1 atom stereocenters. The van der Waals surface area contributed by atoms with Gasteiger partial charge in [-0.1, -0.05) is 19.8 Å². The van der Waals surface area contributed by atoms with Crippen LogP contribution < -0.4 is 5.32 Å². The van der Waals surface area contributed by atoms with Crippen LogP contribution in [0.3, 0.4) is 0 Å². The van der Waals surface area contributed by atoms with Crippen LogP contribution in [-0.4, -0.2) is 12.0 Å². The van der Waals surface area contributed by atoms with Crippen LogP contribution in [-0.2, 0) is 0 Å². The Morgan fingerprint density at radius 2 is 2.38 bits per heavy atom. The highest BCUT2D eigenvalue weighted by Gasteiger charge is 2.10. The molecule has 0 spiro atoms. The standard InChI is InChI=1S/C10H18N2S/c1-4-5-6-9(11-3)10-7-12-8(2)13-10/h7,9,11H,4-6H2,1-3H3. The van der Waals surface area contributed by atoms with Gasteiger partial charge in [-0.3, -0.25) is 0 Å². The second-order valence-electron chi connectivity index (χ2n) is 3.27. The molecule has 1 unspecified atom stereocenters. The van der Waals surface area contributed by atoms with Gasteiger partial charge in [0, 0.05) is 17.1 Å². The molecule has 3 heteroatoms. The molecule has 0 aliphatic heterocycles. The Balaban J connectivity index is 2.56. The summed E-state index contributed by atoms with van der Waals surface area (Å²) in [5.74, 6) is 0. The van der Waals surface area contributed by atoms with E-state index in [4.69, 9.17) is 0 Å². The van der Waals surface area contributed by atoms with Crippen molar-refractivity contribution in [2.24, 2.45) is 0 Å². The maximum absolute atomic E-state index is 4.27. The van der Waals surface area contributed by atoms with Crippen molar-refractivity contribution in [3.05, 3.63) is 16.1 Å². The van der Waals surface area contributed by atoms with E-state index in [9.17, 15) is 0 Å². The Morgan fingerprint density at radius 1 is 1.62 bits per heavy atom. The van der Waals surface area contributed by atoms with Crippen LogP contribution in [0.15, 0.2) is 6.20 Å². The van der Waals surface area contributed by atoms with Gasteiger partial charge in [-0.05, 0) is 20.4 Å². The van der Waals surface area contributed by atoms with Crippen molar-refractivity contribution in [3.63, 3.8) is 0 Å². The van der Waals surface area contributed by atoms with Gasteiger partial charge >= 0.3 is 0 Å². The van der Waals surface area contributed by atoms with Crippen LogP contribution in [0.25, 0.3) is 0 Å². The fourth-order valence-corrected chi connectivity index (χ4v) is 2.31. The largest absolute Gasteiger partial charge is 0.312 e. The molecule has 2 nitrogen and oxygen atoms in total. The third-order valence-electron chi connectivity index (χ3n) is 2.18. The van der Waals surface area contributed by atoms with Gasteiger partial charge in [-0.25, -0.2) is 4.98 Å². The summed E-state index contributed by atoms with van der Waals surface area (Å²) in [6.07, 6.45) is 5.75. The molecule has 0 aliphatic carbocycles. The van der Waals surface area contributed by atoms with Crippen molar-refractivity contribution >= 4 is 11.3 Å². The molecular weight excluding hydrogens is 180 g/mol. The molecule has 0 saturated carbocycles. The minimum atomic E-state index is 0.506. The van der Waals surface area contributed by atoms with Gasteiger partial charge in [0.2, 0.25) is 0 Å². The normalized spacial score (nSPS) is 13.2. The minimum Gasteiger partial charge on any atom is -0.312 e. The minimum absolute atomic E-state index is 0.506. The van der Waals surface area contributed by atoms with Gasteiger partial charge in [-0.2, -0.15) is 0 Å². The highest BCUT2D eigenvalue weighted by Crippen LogP contribution is 2.24. The number of nitrogens with zero attached hydrogens (tertiary/aromatic N) is 1. The molecule has 1 aromatic rings. The summed E-state index contributed by atoms with van der Waals surface area (Å²) in [5.41, 5.74) is 0. The Hall–Kier alpha value is -0.410. The lowest BCUT2D eigenvalue weighted by Crippen LogP contribution is -2.14. The lowest BCUT2D eigenvalue weighted by atomic mass is 10.1. The SMILES string of the molecule is CCCCC(NC)c1cnc(C)s1. The quantitative estimate of drug-likeness (QED) is 0.787. The van der Waals surface area contributed by atoms with E-state index in [-0.39, 0.29) is 0 Å². The maximum atomic E-state index is 4.27. The van der Waals surface area contributed by atoms with Gasteiger partial charge in [0.1, 0.15) is 0 Å². The summed E-state index contributed by atoms with van der Waals surface area (Å²) in [6.45, 7) is 4.28. The fraction of sp³-hybridized carbons (Fsp3) is 0.700. The second kappa shape index (κ2) is 5.35. The second-order valence-corrected chi connectivity index (χ2v) is 4.53. The summed E-state index contributed by atoms with van der Waals surface area (Å²) in [4.78, 5) is 5.64. The Labute approximate surface area is 84.4 Å². The predicted molar refractivity (Wildman–Crippen MR) is 58.2 cm³/mol. The van der Waals surface area contributed by atoms with E-state index in [2.05, 4.69) is 24.1 Å². The molecule has 0 saturated heterocycles. The molecule has 1 heterocycles. The van der Waals surface area contributed by atoms with Crippen molar-refractivity contribution in [1.29, 1.82) is 0 Å². The third-order valence-corrected chi connectivity index (χ3v) is 3.20. The van der Waals surface area contributed by atoms with Crippen LogP contribution in [0, 0.1) is 6.92 Å². The Morgan fingerprint density at radius 3 is 2.85 bits per heavy atom. The van der Waals surface area contributed by atoms with E-state index < -0.39 is 0 Å². The predicted octanol–water partition coefficient (Wildman–Crippen LogP) is 2.90. The van der Waals surface area contributed by atoms with Crippen LogP contribution >= 0.6 is 11.3 Å². The van der Waals surface area contributed by atoms with Gasteiger partial charge in [0.05, 0.1) is 5.01 Å². The average Bonchev–Trinajstić information content (AvgIpc) is 2.54. The highest BCUT2D eigenvalue weighted by atomic mass is 32.1. The number of hydrogen-bond donors (Lipinski definition) is 1. The van der Waals surface area contributed by atoms with Gasteiger partial charge in [-0.15, -0.1) is 11.3 Å². The number of nitrogens with one attached hydrogen (secondary N) is 1. The van der Waals surface area contributed by atoms with Gasteiger partial charge in [0.25, 0.3) is 0 Å². The smallest absolute Gasteiger partial charge is 0.0897 e. The number of rotatable bonds is 5. The zero-order valence-corrected chi connectivity index (χ0v) is 9.45. The summed E-state index contributed by atoms with van der Waals surface area (Å²) >= 11 is 1.80. The zero-order valence-electron chi connectivity index (χ0n) is 8.63. The Bertz CT molecular complexity index is 245. The molecule has 13 heavy (non-hydrogen) atoms. The van der Waals surface area contributed by atoms with E-state index in [1.807, 2.05) is 13.2 Å². The molecule has 1 N–H and O–H groups in total. The topological polar surface area (TPSA) is 24.9 Å². The van der Waals surface area contributed by atoms with Gasteiger partial charge in [0.15, 0.2) is 0 Å². The molecule has 1 rings (SSSR count). The molecule has 1 aromatic heterocycles. The van der Waals surface area contributed by atoms with Crippen molar-refractivity contribution in [2.75, 3.05) is 7.05 Å². The van der Waals surface area contributed by atoms with Crippen LogP contribution in [0.4, 0.5) is 0 Å². The first-order valence-corrected chi connectivity index (χ1v) is 5.69. The monoisotopic (exact) mass is 198 g/mol. The molecular formula is C10H18N2S. The highest BCUT2D eigenvalue weighted by molar-refractivity contribution is 7.11. The first kappa shape index (κ1) is 10.7. The van der Waals surface area contributed by atoms with E-state index in [1.54, 1.807) is 11.3 Å². The van der Waals surface area contributed by atoms with Crippen LogP contribution in [0.2, 0.25) is 0 Å². The van der Waals surface area contributed by atoms with Crippen molar-refractivity contribution in [2.45, 2.75) is 39.2 Å². The summed E-state index contributed by atoms with van der Waals surface area (Å²) in [6, 6.07) is 0.506. The number of hydrogen-bond acceptors (Lipinski definition) is 3. The third kappa shape index (κ3) is 3.08. The van der Waals surface area contributed by atoms with Crippen molar-refractivity contribution in [1.82, 2.24) is 10.3 Å². The lowest BCUT2D eigenvalue weighted by molar-refractivity contribution is 0.529. The van der Waals surface area contributed by atoms with Crippen molar-refractivity contribution < 1.29 is 0 Å². The molecule has 74 valence electrons. The maximum Gasteiger partial charge on any atom is 0.0897 e. The first-order chi connectivity index (χ1) is 6.27. The zero-order chi connectivity index (χ0) is 9.68. The summed E-state index contributed by atoms with van der Waals surface area (Å²) in [7, 11) is 2.02. The molecule has 0 bridgehead atoms. The lowest BCUT2D eigenvalue weighted by Gasteiger charge is -2.12. The fourth-order valence-electron chi connectivity index (χ4n) is 1.38. The van der Waals surface area contributed by atoms with E-state index in [0.717, 1.165) is 5.01 Å². The van der Waals surface area contributed by atoms with Crippen LogP contribution in [0.5, 0.6) is 0 Å². The van der Waals surface area contributed by atoms with Crippen molar-refractivity contribution in [3.8, 4) is 0 Å². The summed E-state index contributed by atoms with van der Waals surface area (Å²) < 4.78 is 0. The average molecular weight is 198 g/mol. The van der Waals surface area contributed by atoms with Gasteiger partial charge < -0.3 is 5.32 Å². The molecule has 0 aromatic carbocycles. The molecule has 0 aliphatic rings. The van der Waals surface area contributed by atoms with E-state index in [1.165, 1.54) is 24.1 Å². The Kier molecular flexibility index (Phi) is 4.39. The number of unbranched alkanes of at least 4 members (excludes halogenated alkanes) is 1. The molecule has 0 fully saturated rings. The van der Waals surface area contributed by atoms with E-state index in [0.29, 0.717) is 6.04 Å². The van der Waals surface area contributed by atoms with E-state index >= 15 is 0 Å². The molecule has 0 radical (unpaired) electrons.